The standard InChI is InChI=1S/C16H30N2O4/c1-3-21-15(19)9-11-17-13-7-5-6-8-14(13)18-12-10-16(20)22-4-2/h13-14,17-18H,3-12H2,1-2H3/t13-,14-/m0/s1. The molecule has 1 fully saturated rings. The highest BCUT2D eigenvalue weighted by atomic mass is 16.5. The van der Waals surface area contributed by atoms with Crippen molar-refractivity contribution in [1.82, 2.24) is 10.6 Å². The highest BCUT2D eigenvalue weighted by Crippen LogP contribution is 2.18. The Labute approximate surface area is 133 Å². The molecule has 2 atom stereocenters. The van der Waals surface area contributed by atoms with Gasteiger partial charge in [-0.15, -0.1) is 0 Å². The molecule has 0 aromatic heterocycles. The molecule has 0 unspecified atom stereocenters. The van der Waals surface area contributed by atoms with E-state index in [0.717, 1.165) is 12.8 Å². The maximum absolute atomic E-state index is 11.3. The van der Waals surface area contributed by atoms with Gasteiger partial charge in [-0.05, 0) is 26.7 Å². The monoisotopic (exact) mass is 314 g/mol. The fourth-order valence-electron chi connectivity index (χ4n) is 2.81. The van der Waals surface area contributed by atoms with E-state index in [1.807, 2.05) is 13.8 Å². The molecule has 128 valence electrons. The molecule has 1 saturated carbocycles. The molecule has 2 N–H and O–H groups in total. The summed E-state index contributed by atoms with van der Waals surface area (Å²) in [6, 6.07) is 0.704. The average Bonchev–Trinajstić information content (AvgIpc) is 2.49. The molecule has 0 saturated heterocycles. The Hall–Kier alpha value is -1.14. The third-order valence-electron chi connectivity index (χ3n) is 3.85. The van der Waals surface area contributed by atoms with Crippen molar-refractivity contribution >= 4 is 11.9 Å². The van der Waals surface area contributed by atoms with E-state index in [-0.39, 0.29) is 11.9 Å². The van der Waals surface area contributed by atoms with Crippen LogP contribution in [0.2, 0.25) is 0 Å². The number of hydrogen-bond donors (Lipinski definition) is 2. The van der Waals surface area contributed by atoms with Crippen molar-refractivity contribution < 1.29 is 19.1 Å². The lowest BCUT2D eigenvalue weighted by atomic mass is 9.90. The third kappa shape index (κ3) is 7.75. The number of carbonyl (C=O) groups excluding carboxylic acids is 2. The van der Waals surface area contributed by atoms with Crippen LogP contribution in [0.15, 0.2) is 0 Å². The summed E-state index contributed by atoms with van der Waals surface area (Å²) in [6.45, 7) is 5.77. The van der Waals surface area contributed by atoms with Gasteiger partial charge in [-0.3, -0.25) is 9.59 Å². The minimum atomic E-state index is -0.155. The van der Waals surface area contributed by atoms with Crippen LogP contribution in [0.5, 0.6) is 0 Å². The zero-order valence-corrected chi connectivity index (χ0v) is 13.9. The Morgan fingerprint density at radius 2 is 1.27 bits per heavy atom. The van der Waals surface area contributed by atoms with Crippen LogP contribution in [0.1, 0.15) is 52.4 Å². The van der Waals surface area contributed by atoms with E-state index < -0.39 is 0 Å². The predicted octanol–water partition coefficient (Wildman–Crippen LogP) is 1.38. The summed E-state index contributed by atoms with van der Waals surface area (Å²) in [4.78, 5) is 22.7. The maximum Gasteiger partial charge on any atom is 0.307 e. The van der Waals surface area contributed by atoms with Crippen molar-refractivity contribution in [2.45, 2.75) is 64.5 Å². The lowest BCUT2D eigenvalue weighted by molar-refractivity contribution is -0.144. The second-order valence-corrected chi connectivity index (χ2v) is 5.52. The fraction of sp³-hybridized carbons (Fsp3) is 0.875. The number of rotatable bonds is 10. The van der Waals surface area contributed by atoms with E-state index >= 15 is 0 Å². The average molecular weight is 314 g/mol. The van der Waals surface area contributed by atoms with E-state index in [1.54, 1.807) is 0 Å². The largest absolute Gasteiger partial charge is 0.466 e. The van der Waals surface area contributed by atoms with Crippen LogP contribution in [-0.4, -0.2) is 50.3 Å². The Balaban J connectivity index is 2.24. The summed E-state index contributed by atoms with van der Waals surface area (Å²) >= 11 is 0. The fourth-order valence-corrected chi connectivity index (χ4v) is 2.81. The first-order valence-electron chi connectivity index (χ1n) is 8.45. The molecule has 1 aliphatic rings. The lowest BCUT2D eigenvalue weighted by Crippen LogP contribution is -2.50. The molecule has 6 nitrogen and oxygen atoms in total. The Bertz CT molecular complexity index is 304. The molecule has 0 spiro atoms. The number of ether oxygens (including phenoxy) is 2. The number of carbonyl (C=O) groups is 2. The first kappa shape index (κ1) is 18.9. The van der Waals surface area contributed by atoms with Gasteiger partial charge in [0.15, 0.2) is 0 Å². The number of esters is 2. The summed E-state index contributed by atoms with van der Waals surface area (Å²) in [5.41, 5.74) is 0. The van der Waals surface area contributed by atoms with Crippen LogP contribution in [0.4, 0.5) is 0 Å². The highest BCUT2D eigenvalue weighted by Gasteiger charge is 2.24. The van der Waals surface area contributed by atoms with Crippen molar-refractivity contribution in [3.63, 3.8) is 0 Å². The first-order chi connectivity index (χ1) is 10.7. The Kier molecular flexibility index (Phi) is 9.82. The molecule has 0 aromatic rings. The molecule has 22 heavy (non-hydrogen) atoms. The summed E-state index contributed by atoms with van der Waals surface area (Å²) < 4.78 is 9.85. The van der Waals surface area contributed by atoms with Crippen molar-refractivity contribution in [3.05, 3.63) is 0 Å². The topological polar surface area (TPSA) is 76.7 Å². The smallest absolute Gasteiger partial charge is 0.307 e. The van der Waals surface area contributed by atoms with Gasteiger partial charge >= 0.3 is 11.9 Å². The molecule has 0 aromatic carbocycles. The quantitative estimate of drug-likeness (QED) is 0.593. The third-order valence-corrected chi connectivity index (χ3v) is 3.85. The normalized spacial score (nSPS) is 21.4. The number of nitrogens with one attached hydrogen (secondary N) is 2. The van der Waals surface area contributed by atoms with E-state index in [9.17, 15) is 9.59 Å². The van der Waals surface area contributed by atoms with Crippen molar-refractivity contribution in [2.75, 3.05) is 26.3 Å². The van der Waals surface area contributed by atoms with E-state index in [2.05, 4.69) is 10.6 Å². The van der Waals surface area contributed by atoms with Crippen LogP contribution in [-0.2, 0) is 19.1 Å². The minimum absolute atomic E-state index is 0.155. The highest BCUT2D eigenvalue weighted by molar-refractivity contribution is 5.69. The van der Waals surface area contributed by atoms with Gasteiger partial charge in [0.25, 0.3) is 0 Å². The maximum atomic E-state index is 11.3. The van der Waals surface area contributed by atoms with Crippen LogP contribution in [0, 0.1) is 0 Å². The van der Waals surface area contributed by atoms with Gasteiger partial charge in [0, 0.05) is 25.2 Å². The van der Waals surface area contributed by atoms with Crippen LogP contribution in [0.25, 0.3) is 0 Å². The Morgan fingerprint density at radius 3 is 1.64 bits per heavy atom. The van der Waals surface area contributed by atoms with Gasteiger partial charge in [-0.25, -0.2) is 0 Å². The van der Waals surface area contributed by atoms with Crippen LogP contribution in [0.3, 0.4) is 0 Å². The molecule has 0 radical (unpaired) electrons. The van der Waals surface area contributed by atoms with E-state index in [0.29, 0.717) is 51.2 Å². The zero-order valence-electron chi connectivity index (χ0n) is 13.9. The van der Waals surface area contributed by atoms with Crippen molar-refractivity contribution in [3.8, 4) is 0 Å². The van der Waals surface area contributed by atoms with Crippen LogP contribution < -0.4 is 10.6 Å². The molecule has 0 amide bonds. The zero-order chi connectivity index (χ0) is 16.2. The van der Waals surface area contributed by atoms with Gasteiger partial charge in [0.05, 0.1) is 26.1 Å². The second kappa shape index (κ2) is 11.4. The number of hydrogen-bond acceptors (Lipinski definition) is 6. The Morgan fingerprint density at radius 1 is 0.864 bits per heavy atom. The molecule has 0 heterocycles. The summed E-state index contributed by atoms with van der Waals surface area (Å²) in [7, 11) is 0. The van der Waals surface area contributed by atoms with Crippen molar-refractivity contribution in [1.29, 1.82) is 0 Å². The first-order valence-corrected chi connectivity index (χ1v) is 8.45. The van der Waals surface area contributed by atoms with E-state index in [4.69, 9.17) is 9.47 Å². The summed E-state index contributed by atoms with van der Waals surface area (Å²) in [6.07, 6.45) is 5.40. The minimum Gasteiger partial charge on any atom is -0.466 e. The molecule has 1 rings (SSSR count). The van der Waals surface area contributed by atoms with Gasteiger partial charge in [-0.1, -0.05) is 12.8 Å². The SMILES string of the molecule is CCOC(=O)CCN[C@H]1CCCC[C@@H]1NCCC(=O)OCC. The molecular weight excluding hydrogens is 284 g/mol. The van der Waals surface area contributed by atoms with Gasteiger partial charge in [-0.2, -0.15) is 0 Å². The molecule has 1 aliphatic carbocycles. The van der Waals surface area contributed by atoms with Gasteiger partial charge in [0.2, 0.25) is 0 Å². The molecular formula is C16H30N2O4. The van der Waals surface area contributed by atoms with Gasteiger partial charge < -0.3 is 20.1 Å². The second-order valence-electron chi connectivity index (χ2n) is 5.52. The van der Waals surface area contributed by atoms with E-state index in [1.165, 1.54) is 12.8 Å². The summed E-state index contributed by atoms with van der Waals surface area (Å²) in [5.74, 6) is -0.310. The summed E-state index contributed by atoms with van der Waals surface area (Å²) in [5, 5.41) is 6.89. The van der Waals surface area contributed by atoms with Crippen LogP contribution >= 0.6 is 0 Å². The lowest BCUT2D eigenvalue weighted by Gasteiger charge is -2.33. The molecule has 6 heteroatoms. The van der Waals surface area contributed by atoms with Gasteiger partial charge in [0.1, 0.15) is 0 Å². The van der Waals surface area contributed by atoms with Crippen molar-refractivity contribution in [2.24, 2.45) is 0 Å². The molecule has 0 bridgehead atoms. The predicted molar refractivity (Wildman–Crippen MR) is 84.5 cm³/mol. The molecule has 0 aliphatic heterocycles.